The molecule has 0 atom stereocenters. The highest BCUT2D eigenvalue weighted by atomic mass is 16.5. The van der Waals surface area contributed by atoms with Crippen LogP contribution in [0.25, 0.3) is 0 Å². The molecule has 0 aromatic heterocycles. The highest BCUT2D eigenvalue weighted by molar-refractivity contribution is 5.82. The summed E-state index contributed by atoms with van der Waals surface area (Å²) in [5.41, 5.74) is 0. The van der Waals surface area contributed by atoms with Crippen molar-refractivity contribution in [1.29, 1.82) is 0 Å². The normalized spacial score (nSPS) is 18.7. The first-order valence-electron chi connectivity index (χ1n) is 5.00. The van der Waals surface area contributed by atoms with Gasteiger partial charge in [0.1, 0.15) is 6.54 Å². The Balaban J connectivity index is 2.48. The van der Waals surface area contributed by atoms with Gasteiger partial charge in [-0.05, 0) is 12.8 Å². The Hall–Kier alpha value is -1.10. The van der Waals surface area contributed by atoms with E-state index < -0.39 is 0 Å². The van der Waals surface area contributed by atoms with Crippen molar-refractivity contribution >= 4 is 11.9 Å². The number of hydrogen-bond donors (Lipinski definition) is 0. The fourth-order valence-corrected chi connectivity index (χ4v) is 1.51. The predicted octanol–water partition coefficient (Wildman–Crippen LogP) is 0.631. The first-order valence-corrected chi connectivity index (χ1v) is 5.00. The summed E-state index contributed by atoms with van der Waals surface area (Å²) in [7, 11) is 2.92. The number of nitrogens with zero attached hydrogens (tertiary/aromatic N) is 1. The molecule has 1 aliphatic heterocycles. The van der Waals surface area contributed by atoms with Gasteiger partial charge in [-0.15, -0.1) is 0 Å². The zero-order valence-corrected chi connectivity index (χ0v) is 9.19. The maximum atomic E-state index is 10.9. The van der Waals surface area contributed by atoms with Gasteiger partial charge in [-0.3, -0.25) is 4.79 Å². The van der Waals surface area contributed by atoms with Crippen LogP contribution in [0, 0.1) is 5.92 Å². The molecule has 1 heterocycles. The van der Waals surface area contributed by atoms with Gasteiger partial charge in [0, 0.05) is 19.1 Å². The van der Waals surface area contributed by atoms with Crippen molar-refractivity contribution in [3.8, 4) is 0 Å². The minimum Gasteiger partial charge on any atom is -0.484 e. The molecule has 5 nitrogen and oxygen atoms in total. The van der Waals surface area contributed by atoms with Crippen molar-refractivity contribution in [2.24, 2.45) is 10.9 Å². The quantitative estimate of drug-likeness (QED) is 0.393. The summed E-state index contributed by atoms with van der Waals surface area (Å²) in [4.78, 5) is 15.0. The molecule has 0 aromatic carbocycles. The summed E-state index contributed by atoms with van der Waals surface area (Å²) in [6, 6.07) is 0. The molecular weight excluding hydrogens is 198 g/mol. The van der Waals surface area contributed by atoms with E-state index in [0.717, 1.165) is 26.1 Å². The molecule has 0 amide bonds. The second kappa shape index (κ2) is 6.40. The standard InChI is InChI=1S/C10H17NO4/c1-13-9(12)7-11-10(14-2)8-3-5-15-6-4-8/h8H,3-7H2,1-2H3. The van der Waals surface area contributed by atoms with E-state index in [9.17, 15) is 4.79 Å². The lowest BCUT2D eigenvalue weighted by Crippen LogP contribution is -2.25. The van der Waals surface area contributed by atoms with Crippen molar-refractivity contribution in [3.05, 3.63) is 0 Å². The van der Waals surface area contributed by atoms with E-state index in [2.05, 4.69) is 9.73 Å². The molecule has 0 aliphatic carbocycles. The summed E-state index contributed by atoms with van der Waals surface area (Å²) in [6.07, 6.45) is 1.79. The smallest absolute Gasteiger partial charge is 0.327 e. The third-order valence-electron chi connectivity index (χ3n) is 2.37. The molecule has 1 fully saturated rings. The van der Waals surface area contributed by atoms with E-state index in [1.807, 2.05) is 0 Å². The molecule has 0 bridgehead atoms. The molecule has 15 heavy (non-hydrogen) atoms. The molecule has 0 N–H and O–H groups in total. The Morgan fingerprint density at radius 2 is 2.00 bits per heavy atom. The summed E-state index contributed by atoms with van der Waals surface area (Å²) in [6.45, 7) is 1.48. The highest BCUT2D eigenvalue weighted by Crippen LogP contribution is 2.16. The van der Waals surface area contributed by atoms with Gasteiger partial charge >= 0.3 is 5.97 Å². The van der Waals surface area contributed by atoms with Crippen LogP contribution >= 0.6 is 0 Å². The van der Waals surface area contributed by atoms with Gasteiger partial charge in [-0.2, -0.15) is 0 Å². The number of hydrogen-bond acceptors (Lipinski definition) is 5. The maximum absolute atomic E-state index is 10.9. The fraction of sp³-hybridized carbons (Fsp3) is 0.800. The number of ether oxygens (including phenoxy) is 3. The van der Waals surface area contributed by atoms with Gasteiger partial charge < -0.3 is 14.2 Å². The van der Waals surface area contributed by atoms with Crippen LogP contribution in [0.1, 0.15) is 12.8 Å². The van der Waals surface area contributed by atoms with Crippen LogP contribution in [0.15, 0.2) is 4.99 Å². The molecule has 1 rings (SSSR count). The molecule has 5 heteroatoms. The number of methoxy groups -OCH3 is 2. The molecule has 0 radical (unpaired) electrons. The van der Waals surface area contributed by atoms with Gasteiger partial charge in [0.15, 0.2) is 5.90 Å². The average Bonchev–Trinajstić information content (AvgIpc) is 2.31. The monoisotopic (exact) mass is 215 g/mol. The highest BCUT2D eigenvalue weighted by Gasteiger charge is 2.20. The van der Waals surface area contributed by atoms with Crippen molar-refractivity contribution in [2.45, 2.75) is 12.8 Å². The first-order chi connectivity index (χ1) is 7.27. The average molecular weight is 215 g/mol. The Kier molecular flexibility index (Phi) is 5.10. The van der Waals surface area contributed by atoms with Crippen molar-refractivity contribution < 1.29 is 19.0 Å². The van der Waals surface area contributed by atoms with E-state index in [4.69, 9.17) is 9.47 Å². The minimum absolute atomic E-state index is 0.0248. The zero-order chi connectivity index (χ0) is 11.1. The Bertz CT molecular complexity index is 234. The SMILES string of the molecule is COC(=O)CN=C(OC)C1CCOCC1. The van der Waals surface area contributed by atoms with Gasteiger partial charge in [0.2, 0.25) is 0 Å². The number of rotatable bonds is 3. The van der Waals surface area contributed by atoms with E-state index in [0.29, 0.717) is 5.90 Å². The molecule has 0 saturated carbocycles. The topological polar surface area (TPSA) is 57.1 Å². The van der Waals surface area contributed by atoms with E-state index in [-0.39, 0.29) is 18.4 Å². The van der Waals surface area contributed by atoms with Gasteiger partial charge in [-0.1, -0.05) is 0 Å². The van der Waals surface area contributed by atoms with Gasteiger partial charge in [-0.25, -0.2) is 4.99 Å². The summed E-state index contributed by atoms with van der Waals surface area (Å²) in [5.74, 6) is 0.550. The number of carbonyl (C=O) groups excluding carboxylic acids is 1. The maximum Gasteiger partial charge on any atom is 0.327 e. The van der Waals surface area contributed by atoms with E-state index in [1.54, 1.807) is 7.11 Å². The van der Waals surface area contributed by atoms with Crippen LogP contribution in [0.3, 0.4) is 0 Å². The molecule has 0 aromatic rings. The van der Waals surface area contributed by atoms with Crippen LogP contribution in [0.2, 0.25) is 0 Å². The van der Waals surface area contributed by atoms with Crippen LogP contribution in [0.4, 0.5) is 0 Å². The summed E-state index contributed by atoms with van der Waals surface area (Å²) < 4.78 is 14.9. The number of esters is 1. The van der Waals surface area contributed by atoms with Crippen LogP contribution in [-0.4, -0.2) is 45.8 Å². The largest absolute Gasteiger partial charge is 0.484 e. The van der Waals surface area contributed by atoms with Crippen molar-refractivity contribution in [1.82, 2.24) is 0 Å². The molecule has 0 unspecified atom stereocenters. The van der Waals surface area contributed by atoms with Crippen molar-refractivity contribution in [2.75, 3.05) is 34.0 Å². The fourth-order valence-electron chi connectivity index (χ4n) is 1.51. The Labute approximate surface area is 89.4 Å². The molecule has 86 valence electrons. The summed E-state index contributed by atoms with van der Waals surface area (Å²) >= 11 is 0. The van der Waals surface area contributed by atoms with Crippen LogP contribution in [0.5, 0.6) is 0 Å². The second-order valence-electron chi connectivity index (χ2n) is 3.32. The number of carbonyl (C=O) groups is 1. The minimum atomic E-state index is -0.350. The predicted molar refractivity (Wildman–Crippen MR) is 54.9 cm³/mol. The molecule has 1 aliphatic rings. The zero-order valence-electron chi connectivity index (χ0n) is 9.19. The van der Waals surface area contributed by atoms with Crippen molar-refractivity contribution in [3.63, 3.8) is 0 Å². The van der Waals surface area contributed by atoms with E-state index >= 15 is 0 Å². The molecular formula is C10H17NO4. The van der Waals surface area contributed by atoms with E-state index in [1.165, 1.54) is 7.11 Å². The van der Waals surface area contributed by atoms with Gasteiger partial charge in [0.05, 0.1) is 14.2 Å². The lowest BCUT2D eigenvalue weighted by atomic mass is 10.0. The molecule has 1 saturated heterocycles. The third kappa shape index (κ3) is 3.87. The number of aliphatic imine (C=N–C) groups is 1. The first kappa shape index (κ1) is 12.0. The van der Waals surface area contributed by atoms with Crippen LogP contribution in [-0.2, 0) is 19.0 Å². The lowest BCUT2D eigenvalue weighted by Gasteiger charge is -2.22. The second-order valence-corrected chi connectivity index (χ2v) is 3.32. The Morgan fingerprint density at radius 3 is 2.53 bits per heavy atom. The summed E-state index contributed by atoms with van der Waals surface area (Å²) in [5, 5.41) is 0. The molecule has 0 spiro atoms. The Morgan fingerprint density at radius 1 is 1.33 bits per heavy atom. The van der Waals surface area contributed by atoms with Gasteiger partial charge in [0.25, 0.3) is 0 Å². The third-order valence-corrected chi connectivity index (χ3v) is 2.37. The lowest BCUT2D eigenvalue weighted by molar-refractivity contribution is -0.138. The van der Waals surface area contributed by atoms with Crippen LogP contribution < -0.4 is 0 Å².